The SMILES string of the molecule is ISOC1CO[C@@H]2CCO[C@H]12. The lowest BCUT2D eigenvalue weighted by Gasteiger charge is -2.12. The highest BCUT2D eigenvalue weighted by atomic mass is 127. The molecule has 0 aromatic heterocycles. The van der Waals surface area contributed by atoms with Crippen LogP contribution in [0.3, 0.4) is 0 Å². The second-order valence-electron chi connectivity index (χ2n) is 2.69. The lowest BCUT2D eigenvalue weighted by molar-refractivity contribution is 0.0402. The molecule has 2 fully saturated rings. The van der Waals surface area contributed by atoms with Crippen LogP contribution in [0.15, 0.2) is 0 Å². The first-order valence-corrected chi connectivity index (χ1v) is 6.87. The molecule has 0 aliphatic carbocycles. The molecule has 2 heterocycles. The highest BCUT2D eigenvalue weighted by Gasteiger charge is 2.42. The van der Waals surface area contributed by atoms with E-state index in [0.717, 1.165) is 13.0 Å². The van der Waals surface area contributed by atoms with Gasteiger partial charge in [0.15, 0.2) is 0 Å². The molecule has 0 saturated carbocycles. The van der Waals surface area contributed by atoms with E-state index in [2.05, 4.69) is 21.2 Å². The van der Waals surface area contributed by atoms with Gasteiger partial charge in [-0.1, -0.05) is 0 Å². The molecule has 3 nitrogen and oxygen atoms in total. The van der Waals surface area contributed by atoms with Crippen LogP contribution in [0.4, 0.5) is 0 Å². The first-order valence-electron chi connectivity index (χ1n) is 3.59. The molecule has 2 aliphatic heterocycles. The highest BCUT2D eigenvalue weighted by molar-refractivity contribution is 14.2. The molecule has 0 aromatic carbocycles. The van der Waals surface area contributed by atoms with Crippen molar-refractivity contribution in [2.75, 3.05) is 13.2 Å². The Labute approximate surface area is 81.9 Å². The molecule has 0 N–H and O–H groups in total. The number of hydrogen-bond donors (Lipinski definition) is 0. The Morgan fingerprint density at radius 2 is 2.36 bits per heavy atom. The van der Waals surface area contributed by atoms with Crippen molar-refractivity contribution >= 4 is 30.4 Å². The van der Waals surface area contributed by atoms with Crippen molar-refractivity contribution in [2.45, 2.75) is 24.7 Å². The molecule has 0 radical (unpaired) electrons. The van der Waals surface area contributed by atoms with Gasteiger partial charge in [-0.3, -0.25) is 4.18 Å². The summed E-state index contributed by atoms with van der Waals surface area (Å²) < 4.78 is 16.3. The summed E-state index contributed by atoms with van der Waals surface area (Å²) >= 11 is 2.11. The van der Waals surface area contributed by atoms with Crippen molar-refractivity contribution in [3.63, 3.8) is 0 Å². The second-order valence-corrected chi connectivity index (χ2v) is 4.09. The summed E-state index contributed by atoms with van der Waals surface area (Å²) in [7, 11) is 1.36. The molecule has 2 rings (SSSR count). The van der Waals surface area contributed by atoms with Gasteiger partial charge in [-0.05, 0) is 6.42 Å². The first-order chi connectivity index (χ1) is 5.42. The molecular formula is C6H9IO3S. The molecule has 2 aliphatic rings. The molecule has 3 atom stereocenters. The fourth-order valence-corrected chi connectivity index (χ4v) is 2.62. The molecule has 0 aromatic rings. The number of halogens is 1. The van der Waals surface area contributed by atoms with Gasteiger partial charge in [-0.2, -0.15) is 0 Å². The summed E-state index contributed by atoms with van der Waals surface area (Å²) in [6.07, 6.45) is 1.65. The van der Waals surface area contributed by atoms with E-state index in [1.165, 1.54) is 9.21 Å². The van der Waals surface area contributed by atoms with E-state index < -0.39 is 0 Å². The Morgan fingerprint density at radius 1 is 1.45 bits per heavy atom. The molecule has 11 heavy (non-hydrogen) atoms. The monoisotopic (exact) mass is 288 g/mol. The van der Waals surface area contributed by atoms with Gasteiger partial charge in [-0.15, -0.1) is 0 Å². The quantitative estimate of drug-likeness (QED) is 0.569. The van der Waals surface area contributed by atoms with Crippen molar-refractivity contribution < 1.29 is 13.7 Å². The number of ether oxygens (including phenoxy) is 2. The molecule has 1 unspecified atom stereocenters. The van der Waals surface area contributed by atoms with Crippen LogP contribution >= 0.6 is 30.4 Å². The minimum absolute atomic E-state index is 0.143. The van der Waals surface area contributed by atoms with Crippen LogP contribution < -0.4 is 0 Å². The lowest BCUT2D eigenvalue weighted by Crippen LogP contribution is -2.27. The Morgan fingerprint density at radius 3 is 3.18 bits per heavy atom. The molecule has 64 valence electrons. The maximum atomic E-state index is 5.48. The first kappa shape index (κ1) is 8.55. The summed E-state index contributed by atoms with van der Waals surface area (Å²) in [5.74, 6) is 0. The van der Waals surface area contributed by atoms with Crippen molar-refractivity contribution in [2.24, 2.45) is 0 Å². The average molecular weight is 288 g/mol. The highest BCUT2D eigenvalue weighted by Crippen LogP contribution is 2.31. The Balaban J connectivity index is 1.92. The second kappa shape index (κ2) is 3.78. The van der Waals surface area contributed by atoms with E-state index >= 15 is 0 Å². The summed E-state index contributed by atoms with van der Waals surface area (Å²) in [5, 5.41) is 0. The molecule has 5 heteroatoms. The molecule has 0 spiro atoms. The van der Waals surface area contributed by atoms with Crippen LogP contribution in [0.25, 0.3) is 0 Å². The van der Waals surface area contributed by atoms with E-state index in [4.69, 9.17) is 13.7 Å². The van der Waals surface area contributed by atoms with Crippen molar-refractivity contribution in [3.8, 4) is 0 Å². The fourth-order valence-electron chi connectivity index (χ4n) is 1.56. The van der Waals surface area contributed by atoms with Crippen molar-refractivity contribution in [3.05, 3.63) is 0 Å². The standard InChI is InChI=1S/C6H9IO3S/c7-11-10-5-3-9-4-1-2-8-6(4)5/h4-6H,1-3H2/t4-,5?,6+/m1/s1. The number of rotatable bonds is 2. The van der Waals surface area contributed by atoms with Crippen LogP contribution in [-0.2, 0) is 13.7 Å². The minimum Gasteiger partial charge on any atom is -0.373 e. The van der Waals surface area contributed by atoms with Gasteiger partial charge in [0.2, 0.25) is 0 Å². The summed E-state index contributed by atoms with van der Waals surface area (Å²) in [5.41, 5.74) is 0. The zero-order valence-electron chi connectivity index (χ0n) is 5.86. The van der Waals surface area contributed by atoms with E-state index in [-0.39, 0.29) is 12.2 Å². The minimum atomic E-state index is 0.143. The van der Waals surface area contributed by atoms with Crippen LogP contribution in [-0.4, -0.2) is 31.5 Å². The van der Waals surface area contributed by atoms with Crippen LogP contribution in [0.2, 0.25) is 0 Å². The maximum absolute atomic E-state index is 5.48. The molecule has 2 saturated heterocycles. The molecular weight excluding hydrogens is 279 g/mol. The Hall–Kier alpha value is 0.960. The van der Waals surface area contributed by atoms with Crippen LogP contribution in [0.1, 0.15) is 6.42 Å². The maximum Gasteiger partial charge on any atom is 0.125 e. The number of fused-ring (bicyclic) bond motifs is 1. The normalized spacial score (nSPS) is 42.8. The summed E-state index contributed by atoms with van der Waals surface area (Å²) in [4.78, 5) is 0. The molecule has 0 amide bonds. The number of hydrogen-bond acceptors (Lipinski definition) is 4. The predicted octanol–water partition coefficient (Wildman–Crippen LogP) is 1.56. The predicted molar refractivity (Wildman–Crippen MR) is 50.6 cm³/mol. The van der Waals surface area contributed by atoms with Crippen molar-refractivity contribution in [1.29, 1.82) is 0 Å². The van der Waals surface area contributed by atoms with Gasteiger partial charge in [0.05, 0.1) is 21.9 Å². The summed E-state index contributed by atoms with van der Waals surface area (Å²) in [6.45, 7) is 1.51. The largest absolute Gasteiger partial charge is 0.373 e. The van der Waals surface area contributed by atoms with Gasteiger partial charge in [-0.25, -0.2) is 0 Å². The Kier molecular flexibility index (Phi) is 2.94. The van der Waals surface area contributed by atoms with Gasteiger partial charge in [0.25, 0.3) is 0 Å². The van der Waals surface area contributed by atoms with Crippen LogP contribution in [0.5, 0.6) is 0 Å². The summed E-state index contributed by atoms with van der Waals surface area (Å²) in [6, 6.07) is 0. The average Bonchev–Trinajstić information content (AvgIpc) is 2.53. The molecule has 0 bridgehead atoms. The topological polar surface area (TPSA) is 27.7 Å². The smallest absolute Gasteiger partial charge is 0.125 e. The van der Waals surface area contributed by atoms with Gasteiger partial charge < -0.3 is 9.47 Å². The van der Waals surface area contributed by atoms with Crippen LogP contribution in [0, 0.1) is 0 Å². The van der Waals surface area contributed by atoms with E-state index in [0.29, 0.717) is 12.7 Å². The fraction of sp³-hybridized carbons (Fsp3) is 1.00. The zero-order chi connectivity index (χ0) is 7.68. The van der Waals surface area contributed by atoms with E-state index in [1.807, 2.05) is 0 Å². The van der Waals surface area contributed by atoms with Crippen molar-refractivity contribution in [1.82, 2.24) is 0 Å². The third kappa shape index (κ3) is 1.67. The Bertz CT molecular complexity index is 144. The van der Waals surface area contributed by atoms with Gasteiger partial charge in [0, 0.05) is 27.8 Å². The van der Waals surface area contributed by atoms with E-state index in [9.17, 15) is 0 Å². The third-order valence-electron chi connectivity index (χ3n) is 2.08. The zero-order valence-corrected chi connectivity index (χ0v) is 8.84. The van der Waals surface area contributed by atoms with E-state index in [1.54, 1.807) is 0 Å². The third-order valence-corrected chi connectivity index (χ3v) is 3.02. The van der Waals surface area contributed by atoms with Gasteiger partial charge >= 0.3 is 0 Å². The lowest BCUT2D eigenvalue weighted by atomic mass is 10.1. The van der Waals surface area contributed by atoms with Gasteiger partial charge in [0.1, 0.15) is 12.2 Å².